The Balaban J connectivity index is 4.41. The molecule has 0 aromatic heterocycles. The summed E-state index contributed by atoms with van der Waals surface area (Å²) in [4.78, 5) is 38.2. The predicted octanol–water partition coefficient (Wildman–Crippen LogP) is 20.6. The smallest absolute Gasteiger partial charge is 0.306 e. The molecule has 0 spiro atoms. The molecule has 0 saturated heterocycles. The molecule has 0 aliphatic carbocycles. The molecule has 0 aliphatic rings. The average molecular weight is 1020 g/mol. The lowest BCUT2D eigenvalue weighted by Gasteiger charge is -2.18. The second kappa shape index (κ2) is 61.1. The van der Waals surface area contributed by atoms with Gasteiger partial charge in [-0.2, -0.15) is 0 Å². The van der Waals surface area contributed by atoms with E-state index >= 15 is 0 Å². The van der Waals surface area contributed by atoms with Gasteiger partial charge in [-0.1, -0.05) is 238 Å². The van der Waals surface area contributed by atoms with E-state index in [1.54, 1.807) is 0 Å². The zero-order chi connectivity index (χ0) is 53.6. The highest BCUT2D eigenvalue weighted by molar-refractivity contribution is 5.71. The lowest BCUT2D eigenvalue weighted by molar-refractivity contribution is -0.167. The van der Waals surface area contributed by atoms with E-state index in [-0.39, 0.29) is 31.1 Å². The number of rotatable bonds is 53. The van der Waals surface area contributed by atoms with Gasteiger partial charge in [0.1, 0.15) is 13.2 Å². The Morgan fingerprint density at radius 1 is 0.284 bits per heavy atom. The van der Waals surface area contributed by atoms with Gasteiger partial charge in [0.2, 0.25) is 0 Å². The third-order valence-electron chi connectivity index (χ3n) is 12.4. The van der Waals surface area contributed by atoms with Gasteiger partial charge in [-0.05, 0) is 135 Å². The minimum absolute atomic E-state index is 0.105. The maximum absolute atomic E-state index is 12.9. The number of carbonyl (C=O) groups excluding carboxylic acids is 3. The normalized spacial score (nSPS) is 13.1. The zero-order valence-corrected chi connectivity index (χ0v) is 47.8. The number of hydrogen-bond donors (Lipinski definition) is 0. The van der Waals surface area contributed by atoms with Crippen LogP contribution in [0, 0.1) is 0 Å². The highest BCUT2D eigenvalue weighted by atomic mass is 16.6. The molecule has 6 nitrogen and oxygen atoms in total. The van der Waals surface area contributed by atoms with Crippen molar-refractivity contribution < 1.29 is 28.6 Å². The third-order valence-corrected chi connectivity index (χ3v) is 12.4. The maximum Gasteiger partial charge on any atom is 0.306 e. The predicted molar refractivity (Wildman–Crippen MR) is 320 cm³/mol. The molecule has 0 amide bonds. The lowest BCUT2D eigenvalue weighted by atomic mass is 10.1. The van der Waals surface area contributed by atoms with Crippen molar-refractivity contribution in [1.82, 2.24) is 0 Å². The molecule has 0 bridgehead atoms. The van der Waals surface area contributed by atoms with Crippen LogP contribution in [0.15, 0.2) is 134 Å². The summed E-state index contributed by atoms with van der Waals surface area (Å²) in [7, 11) is 0. The van der Waals surface area contributed by atoms with Gasteiger partial charge in [0.15, 0.2) is 6.10 Å². The van der Waals surface area contributed by atoms with E-state index in [0.29, 0.717) is 19.3 Å². The van der Waals surface area contributed by atoms with Crippen LogP contribution in [0.25, 0.3) is 0 Å². The summed E-state index contributed by atoms with van der Waals surface area (Å²) in [6.45, 7) is 6.36. The molecule has 1 atom stereocenters. The van der Waals surface area contributed by atoms with Crippen LogP contribution in [0.1, 0.15) is 258 Å². The number of esters is 3. The molecule has 6 heteroatoms. The van der Waals surface area contributed by atoms with Gasteiger partial charge in [0.05, 0.1) is 0 Å². The molecular formula is C68H110O6. The fourth-order valence-corrected chi connectivity index (χ4v) is 7.90. The van der Waals surface area contributed by atoms with Crippen molar-refractivity contribution >= 4 is 17.9 Å². The van der Waals surface area contributed by atoms with E-state index in [4.69, 9.17) is 14.2 Å². The van der Waals surface area contributed by atoms with Gasteiger partial charge in [-0.25, -0.2) is 0 Å². The fourth-order valence-electron chi connectivity index (χ4n) is 7.90. The third kappa shape index (κ3) is 58.4. The van der Waals surface area contributed by atoms with Gasteiger partial charge in [0, 0.05) is 19.3 Å². The Bertz CT molecular complexity index is 1600. The summed E-state index contributed by atoms with van der Waals surface area (Å²) < 4.78 is 16.8. The largest absolute Gasteiger partial charge is 0.462 e. The summed E-state index contributed by atoms with van der Waals surface area (Å²) in [6, 6.07) is 0. The van der Waals surface area contributed by atoms with Gasteiger partial charge in [-0.3, -0.25) is 14.4 Å². The van der Waals surface area contributed by atoms with Crippen molar-refractivity contribution in [1.29, 1.82) is 0 Å². The van der Waals surface area contributed by atoms with E-state index < -0.39 is 6.10 Å². The second-order valence-electron chi connectivity index (χ2n) is 19.5. The first kappa shape index (κ1) is 69.5. The van der Waals surface area contributed by atoms with Gasteiger partial charge in [0.25, 0.3) is 0 Å². The highest BCUT2D eigenvalue weighted by Gasteiger charge is 2.19. The van der Waals surface area contributed by atoms with Crippen LogP contribution in [-0.4, -0.2) is 37.2 Å². The number of unbranched alkanes of at least 4 members (excludes halogenated alkanes) is 20. The first-order valence-corrected chi connectivity index (χ1v) is 30.2. The minimum atomic E-state index is -0.808. The van der Waals surface area contributed by atoms with Crippen molar-refractivity contribution in [2.45, 2.75) is 264 Å². The molecule has 0 aliphatic heterocycles. The summed E-state index contributed by atoms with van der Waals surface area (Å²) in [5.41, 5.74) is 0. The molecule has 0 N–H and O–H groups in total. The number of hydrogen-bond acceptors (Lipinski definition) is 6. The Morgan fingerprint density at radius 3 is 0.851 bits per heavy atom. The summed E-state index contributed by atoms with van der Waals surface area (Å²) in [6.07, 6.45) is 85.9. The van der Waals surface area contributed by atoms with Crippen LogP contribution in [0.5, 0.6) is 0 Å². The molecule has 418 valence electrons. The molecule has 0 saturated carbocycles. The first-order valence-electron chi connectivity index (χ1n) is 30.2. The monoisotopic (exact) mass is 1020 g/mol. The van der Waals surface area contributed by atoms with Crippen molar-refractivity contribution in [3.63, 3.8) is 0 Å². The summed E-state index contributed by atoms with van der Waals surface area (Å²) in [5, 5.41) is 0. The maximum atomic E-state index is 12.9. The molecular weight excluding hydrogens is 913 g/mol. The van der Waals surface area contributed by atoms with Gasteiger partial charge >= 0.3 is 17.9 Å². The van der Waals surface area contributed by atoms with Crippen molar-refractivity contribution in [3.8, 4) is 0 Å². The van der Waals surface area contributed by atoms with E-state index in [1.807, 2.05) is 0 Å². The van der Waals surface area contributed by atoms with Crippen LogP contribution in [0.4, 0.5) is 0 Å². The topological polar surface area (TPSA) is 78.9 Å². The Morgan fingerprint density at radius 2 is 0.527 bits per heavy atom. The summed E-state index contributed by atoms with van der Waals surface area (Å²) >= 11 is 0. The molecule has 0 radical (unpaired) electrons. The van der Waals surface area contributed by atoms with E-state index in [2.05, 4.69) is 154 Å². The Kier molecular flexibility index (Phi) is 57.4. The van der Waals surface area contributed by atoms with E-state index in [1.165, 1.54) is 57.8 Å². The van der Waals surface area contributed by atoms with Crippen LogP contribution in [0.2, 0.25) is 0 Å². The number of ether oxygens (including phenoxy) is 3. The van der Waals surface area contributed by atoms with E-state index in [9.17, 15) is 14.4 Å². The van der Waals surface area contributed by atoms with Crippen LogP contribution >= 0.6 is 0 Å². The quantitative estimate of drug-likeness (QED) is 0.0261. The van der Waals surface area contributed by atoms with E-state index in [0.717, 1.165) is 161 Å². The van der Waals surface area contributed by atoms with Crippen molar-refractivity contribution in [3.05, 3.63) is 134 Å². The van der Waals surface area contributed by atoms with Gasteiger partial charge in [-0.15, -0.1) is 0 Å². The molecule has 0 fully saturated rings. The molecule has 0 aromatic rings. The highest BCUT2D eigenvalue weighted by Crippen LogP contribution is 2.14. The summed E-state index contributed by atoms with van der Waals surface area (Å²) in [5.74, 6) is -0.962. The van der Waals surface area contributed by atoms with Crippen molar-refractivity contribution in [2.24, 2.45) is 0 Å². The Hall–Kier alpha value is -4.45. The zero-order valence-electron chi connectivity index (χ0n) is 47.8. The molecule has 0 heterocycles. The van der Waals surface area contributed by atoms with Crippen LogP contribution in [0.3, 0.4) is 0 Å². The van der Waals surface area contributed by atoms with Gasteiger partial charge < -0.3 is 14.2 Å². The average Bonchev–Trinajstić information content (AvgIpc) is 3.40. The number of carbonyl (C=O) groups is 3. The molecule has 0 rings (SSSR count). The SMILES string of the molecule is CC/C=C\C/C=C\C/C=C\C/C=C\C/C=C\C/C=C\C/C=C\CCCCCCCC(=O)OCC(COC(=O)CCCCC/C=C\C/C=C\C/C=C\CC)OC(=O)CCCCCCC/C=C\CCCCCCCCC. The van der Waals surface area contributed by atoms with Crippen molar-refractivity contribution in [2.75, 3.05) is 13.2 Å². The molecule has 74 heavy (non-hydrogen) atoms. The molecule has 1 unspecified atom stereocenters. The van der Waals surface area contributed by atoms with Crippen LogP contribution in [-0.2, 0) is 28.6 Å². The first-order chi connectivity index (χ1) is 36.5. The minimum Gasteiger partial charge on any atom is -0.462 e. The Labute approximate surface area is 455 Å². The van der Waals surface area contributed by atoms with Crippen LogP contribution < -0.4 is 0 Å². The standard InChI is InChI=1S/C68H110O6/c1-4-7-10-13-16-19-22-25-27-29-30-31-32-33-34-35-36-37-38-39-41-43-46-49-52-55-58-61-67(70)73-64-65(63-72-66(69)60-57-54-51-48-45-42-24-21-18-15-12-9-6-3)74-68(71)62-59-56-53-50-47-44-40-28-26-23-20-17-14-11-8-5-2/h7,9-10,12,16,18-19,21,25,27-28,30-31,33-34,36-37,39-42,45,65H,4-6,8,11,13-15,17,20,22-24,26,29,32,35,38,43-44,46-64H2,1-3H3/b10-7-,12-9-,19-16-,21-18-,27-25-,31-30-,34-33-,37-36-,40-28-,41-39-,45-42-. The lowest BCUT2D eigenvalue weighted by Crippen LogP contribution is -2.30. The molecule has 0 aromatic carbocycles. The number of allylic oxidation sites excluding steroid dienone is 22. The second-order valence-corrected chi connectivity index (χ2v) is 19.5. The fraction of sp³-hybridized carbons (Fsp3) is 0.632.